The maximum atomic E-state index is 6.14. The van der Waals surface area contributed by atoms with Crippen molar-refractivity contribution in [2.75, 3.05) is 13.6 Å². The van der Waals surface area contributed by atoms with Crippen LogP contribution in [0.15, 0.2) is 18.2 Å². The monoisotopic (exact) mass is 195 g/mol. The average molecular weight is 196 g/mol. The van der Waals surface area contributed by atoms with Crippen LogP contribution >= 0.6 is 11.6 Å². The lowest BCUT2D eigenvalue weighted by atomic mass is 9.94. The van der Waals surface area contributed by atoms with Crippen molar-refractivity contribution in [1.82, 2.24) is 4.90 Å². The number of rotatable bonds is 0. The lowest BCUT2D eigenvalue weighted by molar-refractivity contribution is 0.247. The third kappa shape index (κ3) is 1.47. The molecule has 1 atom stereocenters. The highest BCUT2D eigenvalue weighted by molar-refractivity contribution is 6.31. The molecule has 70 valence electrons. The molecule has 1 aromatic rings. The van der Waals surface area contributed by atoms with E-state index in [1.165, 1.54) is 11.1 Å². The van der Waals surface area contributed by atoms with Crippen molar-refractivity contribution >= 4 is 11.6 Å². The normalized spacial score (nSPS) is 22.8. The van der Waals surface area contributed by atoms with Gasteiger partial charge in [-0.2, -0.15) is 0 Å². The first-order valence-electron chi connectivity index (χ1n) is 4.67. The minimum atomic E-state index is 0.502. The predicted octanol–water partition coefficient (Wildman–Crippen LogP) is 2.89. The SMILES string of the molecule is CC1c2cccc(Cl)c2CCN1C. The third-order valence-electron chi connectivity index (χ3n) is 2.98. The van der Waals surface area contributed by atoms with Crippen molar-refractivity contribution in [3.63, 3.8) is 0 Å². The largest absolute Gasteiger partial charge is 0.299 e. The zero-order valence-corrected chi connectivity index (χ0v) is 8.80. The first-order valence-corrected chi connectivity index (χ1v) is 5.05. The number of hydrogen-bond acceptors (Lipinski definition) is 1. The molecule has 0 aliphatic carbocycles. The van der Waals surface area contributed by atoms with Gasteiger partial charge >= 0.3 is 0 Å². The van der Waals surface area contributed by atoms with Gasteiger partial charge in [0.2, 0.25) is 0 Å². The van der Waals surface area contributed by atoms with Gasteiger partial charge in [-0.05, 0) is 37.6 Å². The van der Waals surface area contributed by atoms with Crippen LogP contribution in [0.5, 0.6) is 0 Å². The topological polar surface area (TPSA) is 3.24 Å². The van der Waals surface area contributed by atoms with E-state index in [9.17, 15) is 0 Å². The molecule has 0 saturated carbocycles. The summed E-state index contributed by atoms with van der Waals surface area (Å²) in [6, 6.07) is 6.71. The Labute approximate surface area is 84.3 Å². The molecule has 13 heavy (non-hydrogen) atoms. The summed E-state index contributed by atoms with van der Waals surface area (Å²) < 4.78 is 0. The van der Waals surface area contributed by atoms with Gasteiger partial charge in [0.15, 0.2) is 0 Å². The van der Waals surface area contributed by atoms with Gasteiger partial charge in [-0.3, -0.25) is 4.90 Å². The van der Waals surface area contributed by atoms with Gasteiger partial charge in [0.05, 0.1) is 0 Å². The Hall–Kier alpha value is -0.530. The van der Waals surface area contributed by atoms with Gasteiger partial charge < -0.3 is 0 Å². The minimum absolute atomic E-state index is 0.502. The smallest absolute Gasteiger partial charge is 0.0441 e. The molecule has 0 N–H and O–H groups in total. The number of benzene rings is 1. The standard InChI is InChI=1S/C11H14ClN/c1-8-9-4-3-5-11(12)10(9)6-7-13(8)2/h3-5,8H,6-7H2,1-2H3. The lowest BCUT2D eigenvalue weighted by Crippen LogP contribution is -2.30. The van der Waals surface area contributed by atoms with Crippen molar-refractivity contribution < 1.29 is 0 Å². The maximum absolute atomic E-state index is 6.14. The molecule has 0 bridgehead atoms. The van der Waals surface area contributed by atoms with E-state index in [1.54, 1.807) is 0 Å². The van der Waals surface area contributed by atoms with Crippen LogP contribution < -0.4 is 0 Å². The third-order valence-corrected chi connectivity index (χ3v) is 3.33. The summed E-state index contributed by atoms with van der Waals surface area (Å²) in [5, 5.41) is 0.928. The van der Waals surface area contributed by atoms with Gasteiger partial charge in [-0.1, -0.05) is 23.7 Å². The molecule has 1 aliphatic rings. The molecule has 0 spiro atoms. The van der Waals surface area contributed by atoms with E-state index in [1.807, 2.05) is 12.1 Å². The van der Waals surface area contributed by atoms with Crippen molar-refractivity contribution in [3.05, 3.63) is 34.3 Å². The number of fused-ring (bicyclic) bond motifs is 1. The highest BCUT2D eigenvalue weighted by atomic mass is 35.5. The van der Waals surface area contributed by atoms with Crippen LogP contribution in [-0.2, 0) is 6.42 Å². The fourth-order valence-corrected chi connectivity index (χ4v) is 2.23. The predicted molar refractivity (Wildman–Crippen MR) is 56.2 cm³/mol. The van der Waals surface area contributed by atoms with E-state index in [0.29, 0.717) is 6.04 Å². The Morgan fingerprint density at radius 3 is 3.00 bits per heavy atom. The summed E-state index contributed by atoms with van der Waals surface area (Å²) in [5.41, 5.74) is 2.73. The zero-order valence-electron chi connectivity index (χ0n) is 8.05. The van der Waals surface area contributed by atoms with Gasteiger partial charge in [0, 0.05) is 17.6 Å². The fourth-order valence-electron chi connectivity index (χ4n) is 1.95. The van der Waals surface area contributed by atoms with Crippen LogP contribution in [0.4, 0.5) is 0 Å². The Balaban J connectivity index is 2.49. The Morgan fingerprint density at radius 1 is 1.46 bits per heavy atom. The van der Waals surface area contributed by atoms with E-state index < -0.39 is 0 Å². The molecule has 1 heterocycles. The van der Waals surface area contributed by atoms with Crippen LogP contribution in [0.1, 0.15) is 24.1 Å². The molecule has 0 aromatic heterocycles. The van der Waals surface area contributed by atoms with Crippen LogP contribution in [0, 0.1) is 0 Å². The van der Waals surface area contributed by atoms with Crippen molar-refractivity contribution in [2.45, 2.75) is 19.4 Å². The Kier molecular flexibility index (Phi) is 2.31. The van der Waals surface area contributed by atoms with Crippen molar-refractivity contribution in [2.24, 2.45) is 0 Å². The molecule has 1 aliphatic heterocycles. The number of hydrogen-bond donors (Lipinski definition) is 0. The molecular weight excluding hydrogens is 182 g/mol. The fraction of sp³-hybridized carbons (Fsp3) is 0.455. The molecule has 1 unspecified atom stereocenters. The van der Waals surface area contributed by atoms with Gasteiger partial charge in [0.1, 0.15) is 0 Å². The summed E-state index contributed by atoms with van der Waals surface area (Å²) in [6.45, 7) is 3.34. The number of nitrogens with zero attached hydrogens (tertiary/aromatic N) is 1. The first-order chi connectivity index (χ1) is 6.20. The highest BCUT2D eigenvalue weighted by Crippen LogP contribution is 2.32. The Bertz CT molecular complexity index is 322. The molecule has 0 saturated heterocycles. The van der Waals surface area contributed by atoms with Crippen LogP contribution in [0.3, 0.4) is 0 Å². The molecular formula is C11H14ClN. The van der Waals surface area contributed by atoms with Crippen LogP contribution in [0.25, 0.3) is 0 Å². The first kappa shape index (κ1) is 9.04. The molecule has 2 heteroatoms. The lowest BCUT2D eigenvalue weighted by Gasteiger charge is -2.32. The number of likely N-dealkylation sites (N-methyl/N-ethyl adjacent to an activating group) is 1. The summed E-state index contributed by atoms with van der Waals surface area (Å²) in [4.78, 5) is 2.36. The summed E-state index contributed by atoms with van der Waals surface area (Å²) in [7, 11) is 2.16. The maximum Gasteiger partial charge on any atom is 0.0441 e. The van der Waals surface area contributed by atoms with E-state index in [2.05, 4.69) is 24.9 Å². The summed E-state index contributed by atoms with van der Waals surface area (Å²) in [6.07, 6.45) is 1.08. The minimum Gasteiger partial charge on any atom is -0.299 e. The number of halogens is 1. The van der Waals surface area contributed by atoms with E-state index >= 15 is 0 Å². The van der Waals surface area contributed by atoms with E-state index in [4.69, 9.17) is 11.6 Å². The zero-order chi connectivity index (χ0) is 9.42. The molecule has 0 radical (unpaired) electrons. The summed E-state index contributed by atoms with van der Waals surface area (Å²) in [5.74, 6) is 0. The van der Waals surface area contributed by atoms with Crippen molar-refractivity contribution in [3.8, 4) is 0 Å². The average Bonchev–Trinajstić information content (AvgIpc) is 2.12. The van der Waals surface area contributed by atoms with E-state index in [0.717, 1.165) is 18.0 Å². The summed E-state index contributed by atoms with van der Waals surface area (Å²) >= 11 is 6.14. The van der Waals surface area contributed by atoms with E-state index in [-0.39, 0.29) is 0 Å². The van der Waals surface area contributed by atoms with Crippen LogP contribution in [-0.4, -0.2) is 18.5 Å². The molecule has 0 amide bonds. The van der Waals surface area contributed by atoms with Gasteiger partial charge in [-0.25, -0.2) is 0 Å². The van der Waals surface area contributed by atoms with Gasteiger partial charge in [0.25, 0.3) is 0 Å². The second-order valence-corrected chi connectivity index (χ2v) is 4.12. The van der Waals surface area contributed by atoms with Crippen molar-refractivity contribution in [1.29, 1.82) is 0 Å². The van der Waals surface area contributed by atoms with Gasteiger partial charge in [-0.15, -0.1) is 0 Å². The Morgan fingerprint density at radius 2 is 2.23 bits per heavy atom. The second kappa shape index (κ2) is 3.32. The quantitative estimate of drug-likeness (QED) is 0.616. The second-order valence-electron chi connectivity index (χ2n) is 3.71. The van der Waals surface area contributed by atoms with Crippen LogP contribution in [0.2, 0.25) is 5.02 Å². The molecule has 0 fully saturated rings. The molecule has 2 rings (SSSR count). The molecule has 1 aromatic carbocycles. The highest BCUT2D eigenvalue weighted by Gasteiger charge is 2.21. The molecule has 1 nitrogen and oxygen atoms in total.